The number of ketones is 1. The second-order valence-electron chi connectivity index (χ2n) is 5.87. The summed E-state index contributed by atoms with van der Waals surface area (Å²) in [5.41, 5.74) is 2.82. The lowest BCUT2D eigenvalue weighted by Gasteiger charge is -2.15. The van der Waals surface area contributed by atoms with Gasteiger partial charge in [-0.2, -0.15) is 0 Å². The Morgan fingerprint density at radius 1 is 1.04 bits per heavy atom. The maximum atomic E-state index is 12.4. The van der Waals surface area contributed by atoms with Gasteiger partial charge in [0.05, 0.1) is 17.7 Å². The van der Waals surface area contributed by atoms with Crippen LogP contribution >= 0.6 is 15.9 Å². The van der Waals surface area contributed by atoms with Gasteiger partial charge in [-0.15, -0.1) is 0 Å². The largest absolute Gasteiger partial charge is 0.300 e. The summed E-state index contributed by atoms with van der Waals surface area (Å²) in [6.45, 7) is 1.81. The lowest BCUT2D eigenvalue weighted by molar-refractivity contribution is -0.116. The number of nitrogens with zero attached hydrogens (tertiary/aromatic N) is 1. The Labute approximate surface area is 148 Å². The molecule has 0 radical (unpaired) electrons. The fourth-order valence-corrected chi connectivity index (χ4v) is 3.39. The van der Waals surface area contributed by atoms with E-state index in [4.69, 9.17) is 0 Å². The first-order chi connectivity index (χ1) is 11.5. The number of hydrogen-bond donors (Lipinski definition) is 0. The van der Waals surface area contributed by atoms with Crippen LogP contribution in [0.2, 0.25) is 0 Å². The first-order valence-electron chi connectivity index (χ1n) is 7.69. The molecule has 4 nitrogen and oxygen atoms in total. The molecule has 1 aliphatic heterocycles. The average molecular weight is 386 g/mol. The van der Waals surface area contributed by atoms with E-state index in [1.54, 1.807) is 31.2 Å². The molecule has 2 aromatic carbocycles. The molecule has 0 fully saturated rings. The minimum atomic E-state index is -0.257. The van der Waals surface area contributed by atoms with Gasteiger partial charge in [0.15, 0.2) is 0 Å². The Kier molecular flexibility index (Phi) is 4.62. The number of carbonyl (C=O) groups excluding carboxylic acids is 3. The zero-order valence-corrected chi connectivity index (χ0v) is 14.8. The lowest BCUT2D eigenvalue weighted by atomic mass is 10.1. The van der Waals surface area contributed by atoms with Crippen molar-refractivity contribution in [2.75, 3.05) is 0 Å². The van der Waals surface area contributed by atoms with E-state index < -0.39 is 0 Å². The minimum absolute atomic E-state index is 0.150. The molecular weight excluding hydrogens is 370 g/mol. The van der Waals surface area contributed by atoms with E-state index >= 15 is 0 Å². The Bertz CT molecular complexity index is 809. The van der Waals surface area contributed by atoms with Crippen LogP contribution in [-0.4, -0.2) is 22.5 Å². The van der Waals surface area contributed by atoms with E-state index in [9.17, 15) is 14.4 Å². The number of imide groups is 1. The monoisotopic (exact) mass is 385 g/mol. The van der Waals surface area contributed by atoms with Gasteiger partial charge in [-0.05, 0) is 42.7 Å². The van der Waals surface area contributed by atoms with Crippen LogP contribution in [0.5, 0.6) is 0 Å². The van der Waals surface area contributed by atoms with Crippen molar-refractivity contribution in [1.29, 1.82) is 0 Å². The quantitative estimate of drug-likeness (QED) is 0.736. The van der Waals surface area contributed by atoms with Crippen molar-refractivity contribution < 1.29 is 14.4 Å². The number of halogens is 1. The third kappa shape index (κ3) is 3.17. The molecule has 0 atom stereocenters. The van der Waals surface area contributed by atoms with Crippen LogP contribution in [0.4, 0.5) is 0 Å². The van der Waals surface area contributed by atoms with Crippen LogP contribution in [0.1, 0.15) is 45.2 Å². The summed E-state index contributed by atoms with van der Waals surface area (Å²) in [5.74, 6) is -0.364. The molecule has 0 aliphatic carbocycles. The number of carbonyl (C=O) groups is 3. The van der Waals surface area contributed by atoms with Crippen molar-refractivity contribution in [2.45, 2.75) is 26.3 Å². The molecule has 0 aromatic heterocycles. The van der Waals surface area contributed by atoms with Gasteiger partial charge in [0.2, 0.25) is 0 Å². The van der Waals surface area contributed by atoms with E-state index in [1.807, 2.05) is 18.2 Å². The van der Waals surface area contributed by atoms with Gasteiger partial charge >= 0.3 is 0 Å². The Morgan fingerprint density at radius 2 is 1.67 bits per heavy atom. The number of fused-ring (bicyclic) bond motifs is 1. The molecule has 2 aromatic rings. The molecule has 122 valence electrons. The maximum Gasteiger partial charge on any atom is 0.261 e. The van der Waals surface area contributed by atoms with Gasteiger partial charge in [-0.25, -0.2) is 0 Å². The van der Waals surface area contributed by atoms with E-state index in [-0.39, 0.29) is 24.1 Å². The average Bonchev–Trinajstić information content (AvgIpc) is 2.79. The number of benzene rings is 2. The molecule has 24 heavy (non-hydrogen) atoms. The van der Waals surface area contributed by atoms with Crippen LogP contribution in [-0.2, 0) is 17.8 Å². The van der Waals surface area contributed by atoms with Crippen LogP contribution in [0, 0.1) is 0 Å². The van der Waals surface area contributed by atoms with Gasteiger partial charge in [0, 0.05) is 10.9 Å². The Morgan fingerprint density at radius 3 is 2.21 bits per heavy atom. The van der Waals surface area contributed by atoms with Gasteiger partial charge in [0.25, 0.3) is 11.8 Å². The standard InChI is InChI=1S/C19H16BrNO3/c1-12(22)6-8-14-9-7-13(10-17(14)20)11-21-18(23)15-4-2-3-5-16(15)19(21)24/h2-5,7,9-10H,6,8,11H2,1H3. The first kappa shape index (κ1) is 16.6. The SMILES string of the molecule is CC(=O)CCc1ccc(CN2C(=O)c3ccccc3C2=O)cc1Br. The molecule has 0 N–H and O–H groups in total. The van der Waals surface area contributed by atoms with E-state index in [2.05, 4.69) is 15.9 Å². The zero-order valence-electron chi connectivity index (χ0n) is 13.2. The summed E-state index contributed by atoms with van der Waals surface area (Å²) in [6, 6.07) is 12.6. The topological polar surface area (TPSA) is 54.5 Å². The molecule has 0 bridgehead atoms. The molecule has 5 heteroatoms. The van der Waals surface area contributed by atoms with E-state index in [0.717, 1.165) is 15.6 Å². The smallest absolute Gasteiger partial charge is 0.261 e. The first-order valence-corrected chi connectivity index (χ1v) is 8.48. The molecule has 1 aliphatic rings. The minimum Gasteiger partial charge on any atom is -0.300 e. The van der Waals surface area contributed by atoms with Crippen LogP contribution in [0.15, 0.2) is 46.9 Å². The number of amides is 2. The van der Waals surface area contributed by atoms with Crippen LogP contribution < -0.4 is 0 Å². The molecule has 1 heterocycles. The van der Waals surface area contributed by atoms with Crippen molar-refractivity contribution >= 4 is 33.5 Å². The summed E-state index contributed by atoms with van der Waals surface area (Å²) >= 11 is 3.51. The second kappa shape index (κ2) is 6.69. The summed E-state index contributed by atoms with van der Waals surface area (Å²) in [7, 11) is 0. The summed E-state index contributed by atoms with van der Waals surface area (Å²) in [4.78, 5) is 37.2. The molecular formula is C19H16BrNO3. The third-order valence-corrected chi connectivity index (χ3v) is 4.82. The summed E-state index contributed by atoms with van der Waals surface area (Å²) in [6.07, 6.45) is 1.17. The highest BCUT2D eigenvalue weighted by Crippen LogP contribution is 2.26. The highest BCUT2D eigenvalue weighted by molar-refractivity contribution is 9.10. The summed E-state index contributed by atoms with van der Waals surface area (Å²) in [5, 5.41) is 0. The molecule has 3 rings (SSSR count). The fourth-order valence-electron chi connectivity index (χ4n) is 2.77. The molecule has 0 unspecified atom stereocenters. The number of hydrogen-bond acceptors (Lipinski definition) is 3. The van der Waals surface area contributed by atoms with Crippen molar-refractivity contribution in [1.82, 2.24) is 4.90 Å². The molecule has 0 spiro atoms. The van der Waals surface area contributed by atoms with Crippen LogP contribution in [0.3, 0.4) is 0 Å². The highest BCUT2D eigenvalue weighted by Gasteiger charge is 2.34. The van der Waals surface area contributed by atoms with E-state index in [1.165, 1.54) is 4.90 Å². The van der Waals surface area contributed by atoms with Crippen molar-refractivity contribution in [3.63, 3.8) is 0 Å². The number of rotatable bonds is 5. The Hall–Kier alpha value is -2.27. The normalized spacial score (nSPS) is 13.3. The predicted octanol–water partition coefficient (Wildman–Crippen LogP) is 3.77. The van der Waals surface area contributed by atoms with Crippen molar-refractivity contribution in [3.05, 3.63) is 69.2 Å². The number of Topliss-reactive ketones (excluding diaryl/α,β-unsaturated/α-hetero) is 1. The van der Waals surface area contributed by atoms with Crippen molar-refractivity contribution in [3.8, 4) is 0 Å². The Balaban J connectivity index is 1.78. The van der Waals surface area contributed by atoms with E-state index in [0.29, 0.717) is 24.0 Å². The van der Waals surface area contributed by atoms with Crippen molar-refractivity contribution in [2.24, 2.45) is 0 Å². The van der Waals surface area contributed by atoms with Gasteiger partial charge < -0.3 is 4.79 Å². The molecule has 0 saturated heterocycles. The third-order valence-electron chi connectivity index (χ3n) is 4.08. The lowest BCUT2D eigenvalue weighted by Crippen LogP contribution is -2.29. The maximum absolute atomic E-state index is 12.4. The highest BCUT2D eigenvalue weighted by atomic mass is 79.9. The molecule has 0 saturated carbocycles. The van der Waals surface area contributed by atoms with Gasteiger partial charge in [-0.3, -0.25) is 14.5 Å². The fraction of sp³-hybridized carbons (Fsp3) is 0.211. The molecule has 2 amide bonds. The predicted molar refractivity (Wildman–Crippen MR) is 93.8 cm³/mol. The second-order valence-corrected chi connectivity index (χ2v) is 6.72. The van der Waals surface area contributed by atoms with Gasteiger partial charge in [0.1, 0.15) is 5.78 Å². The van der Waals surface area contributed by atoms with Gasteiger partial charge in [-0.1, -0.05) is 40.2 Å². The van der Waals surface area contributed by atoms with Crippen LogP contribution in [0.25, 0.3) is 0 Å². The summed E-state index contributed by atoms with van der Waals surface area (Å²) < 4.78 is 0.887. The number of aryl methyl sites for hydroxylation is 1. The zero-order chi connectivity index (χ0) is 17.3.